The predicted octanol–water partition coefficient (Wildman–Crippen LogP) is 1.78. The van der Waals surface area contributed by atoms with Gasteiger partial charge in [0.2, 0.25) is 0 Å². The molecule has 20 heavy (non-hydrogen) atoms. The maximum absolute atomic E-state index is 11.3. The van der Waals surface area contributed by atoms with E-state index in [4.69, 9.17) is 0 Å². The Morgan fingerprint density at radius 3 is 2.85 bits per heavy atom. The molecule has 0 atom stereocenters. The van der Waals surface area contributed by atoms with Crippen LogP contribution in [-0.4, -0.2) is 56.7 Å². The number of rotatable bonds is 4. The third-order valence-electron chi connectivity index (χ3n) is 3.63. The van der Waals surface area contributed by atoms with Gasteiger partial charge in [-0.3, -0.25) is 4.90 Å². The zero-order chi connectivity index (χ0) is 13.9. The summed E-state index contributed by atoms with van der Waals surface area (Å²) in [5, 5.41) is 9.29. The quantitative estimate of drug-likeness (QED) is 0.930. The fourth-order valence-electron chi connectivity index (χ4n) is 2.54. The highest BCUT2D eigenvalue weighted by molar-refractivity contribution is 7.99. The van der Waals surface area contributed by atoms with E-state index in [2.05, 4.69) is 9.88 Å². The van der Waals surface area contributed by atoms with Crippen molar-refractivity contribution in [1.82, 2.24) is 14.5 Å². The largest absolute Gasteiger partial charge is 0.478 e. The standard InChI is InChI=1S/C14H17N3O2S/c18-14(19)11-2-1-3-12-13(11)17(10-15-12)5-4-16-6-8-20-9-7-16/h1-3,10H,4-9H2,(H,18,19). The van der Waals surface area contributed by atoms with Crippen LogP contribution < -0.4 is 0 Å². The van der Waals surface area contributed by atoms with Gasteiger partial charge in [-0.1, -0.05) is 6.07 Å². The fourth-order valence-corrected chi connectivity index (χ4v) is 3.52. The molecule has 0 spiro atoms. The molecule has 2 aromatic rings. The number of imidazole rings is 1. The van der Waals surface area contributed by atoms with Gasteiger partial charge in [0.05, 0.1) is 22.9 Å². The average Bonchev–Trinajstić information content (AvgIpc) is 2.89. The molecule has 1 saturated heterocycles. The lowest BCUT2D eigenvalue weighted by atomic mass is 10.2. The summed E-state index contributed by atoms with van der Waals surface area (Å²) in [4.78, 5) is 18.0. The molecule has 1 aliphatic rings. The van der Waals surface area contributed by atoms with Gasteiger partial charge in [-0.25, -0.2) is 9.78 Å². The molecule has 0 unspecified atom stereocenters. The van der Waals surface area contributed by atoms with Crippen LogP contribution in [0.2, 0.25) is 0 Å². The third-order valence-corrected chi connectivity index (χ3v) is 4.57. The molecule has 5 nitrogen and oxygen atoms in total. The number of carbonyl (C=O) groups is 1. The number of benzene rings is 1. The zero-order valence-electron chi connectivity index (χ0n) is 11.2. The van der Waals surface area contributed by atoms with E-state index in [1.807, 2.05) is 22.4 Å². The highest BCUT2D eigenvalue weighted by atomic mass is 32.2. The number of nitrogens with zero attached hydrogens (tertiary/aromatic N) is 3. The molecule has 0 radical (unpaired) electrons. The van der Waals surface area contributed by atoms with Crippen LogP contribution in [0.25, 0.3) is 11.0 Å². The first-order valence-electron chi connectivity index (χ1n) is 6.73. The number of carboxylic acids is 1. The SMILES string of the molecule is O=C(O)c1cccc2ncn(CCN3CCSCC3)c12. The van der Waals surface area contributed by atoms with E-state index in [9.17, 15) is 9.90 Å². The Morgan fingerprint density at radius 1 is 1.30 bits per heavy atom. The summed E-state index contributed by atoms with van der Waals surface area (Å²) >= 11 is 1.99. The monoisotopic (exact) mass is 291 g/mol. The van der Waals surface area contributed by atoms with E-state index < -0.39 is 5.97 Å². The molecule has 1 aromatic carbocycles. The molecule has 106 valence electrons. The molecule has 1 aromatic heterocycles. The molecule has 0 amide bonds. The summed E-state index contributed by atoms with van der Waals surface area (Å²) in [6.45, 7) is 3.96. The molecule has 1 fully saturated rings. The molecule has 1 aliphatic heterocycles. The van der Waals surface area contributed by atoms with Gasteiger partial charge in [0.25, 0.3) is 0 Å². The molecule has 2 heterocycles. The average molecular weight is 291 g/mol. The Kier molecular flexibility index (Phi) is 3.93. The fraction of sp³-hybridized carbons (Fsp3) is 0.429. The number of para-hydroxylation sites is 1. The van der Waals surface area contributed by atoms with Gasteiger partial charge in [-0.05, 0) is 12.1 Å². The summed E-state index contributed by atoms with van der Waals surface area (Å²) in [5.74, 6) is 1.47. The van der Waals surface area contributed by atoms with Crippen LogP contribution in [-0.2, 0) is 6.54 Å². The van der Waals surface area contributed by atoms with Crippen molar-refractivity contribution in [2.75, 3.05) is 31.1 Å². The summed E-state index contributed by atoms with van der Waals surface area (Å²) in [7, 11) is 0. The van der Waals surface area contributed by atoms with Gasteiger partial charge in [0.1, 0.15) is 0 Å². The molecule has 0 bridgehead atoms. The van der Waals surface area contributed by atoms with E-state index in [-0.39, 0.29) is 0 Å². The number of thioether (sulfide) groups is 1. The van der Waals surface area contributed by atoms with Gasteiger partial charge in [0.15, 0.2) is 0 Å². The van der Waals surface area contributed by atoms with Crippen LogP contribution in [0.5, 0.6) is 0 Å². The lowest BCUT2D eigenvalue weighted by Gasteiger charge is -2.26. The van der Waals surface area contributed by atoms with Gasteiger partial charge in [-0.15, -0.1) is 0 Å². The van der Waals surface area contributed by atoms with Crippen molar-refractivity contribution in [2.45, 2.75) is 6.54 Å². The Morgan fingerprint density at radius 2 is 2.10 bits per heavy atom. The van der Waals surface area contributed by atoms with Crippen LogP contribution in [0.1, 0.15) is 10.4 Å². The summed E-state index contributed by atoms with van der Waals surface area (Å²) in [5.41, 5.74) is 1.81. The van der Waals surface area contributed by atoms with Crippen LogP contribution in [0.15, 0.2) is 24.5 Å². The second-order valence-electron chi connectivity index (χ2n) is 4.87. The molecule has 0 aliphatic carbocycles. The van der Waals surface area contributed by atoms with Crippen molar-refractivity contribution in [3.05, 3.63) is 30.1 Å². The number of hydrogen-bond acceptors (Lipinski definition) is 4. The number of fused-ring (bicyclic) bond motifs is 1. The van der Waals surface area contributed by atoms with Crippen molar-refractivity contribution in [1.29, 1.82) is 0 Å². The molecular formula is C14H17N3O2S. The summed E-state index contributed by atoms with van der Waals surface area (Å²) in [6, 6.07) is 5.24. The van der Waals surface area contributed by atoms with Crippen molar-refractivity contribution in [3.8, 4) is 0 Å². The van der Waals surface area contributed by atoms with Gasteiger partial charge in [0, 0.05) is 37.7 Å². The second-order valence-corrected chi connectivity index (χ2v) is 6.10. The Hall–Kier alpha value is -1.53. The normalized spacial score (nSPS) is 16.6. The number of carboxylic acid groups (broad SMARTS) is 1. The first kappa shape index (κ1) is 13.5. The molecule has 6 heteroatoms. The zero-order valence-corrected chi connectivity index (χ0v) is 12.0. The predicted molar refractivity (Wildman–Crippen MR) is 80.5 cm³/mol. The van der Waals surface area contributed by atoms with Crippen LogP contribution >= 0.6 is 11.8 Å². The lowest BCUT2D eigenvalue weighted by molar-refractivity contribution is 0.0698. The Bertz CT molecular complexity index is 620. The summed E-state index contributed by atoms with van der Waals surface area (Å²) in [6.07, 6.45) is 1.75. The topological polar surface area (TPSA) is 58.4 Å². The Balaban J connectivity index is 1.82. The van der Waals surface area contributed by atoms with Crippen molar-refractivity contribution < 1.29 is 9.90 Å². The number of aromatic nitrogens is 2. The Labute approximate surface area is 121 Å². The van der Waals surface area contributed by atoms with Crippen molar-refractivity contribution >= 4 is 28.8 Å². The lowest BCUT2D eigenvalue weighted by Crippen LogP contribution is -2.35. The first-order chi connectivity index (χ1) is 9.75. The molecular weight excluding hydrogens is 274 g/mol. The van der Waals surface area contributed by atoms with Gasteiger partial charge >= 0.3 is 5.97 Å². The van der Waals surface area contributed by atoms with Crippen LogP contribution in [0.4, 0.5) is 0 Å². The first-order valence-corrected chi connectivity index (χ1v) is 7.88. The minimum atomic E-state index is -0.897. The number of aromatic carboxylic acids is 1. The minimum Gasteiger partial charge on any atom is -0.478 e. The highest BCUT2D eigenvalue weighted by Crippen LogP contribution is 2.18. The molecule has 1 N–H and O–H groups in total. The van der Waals surface area contributed by atoms with Crippen LogP contribution in [0, 0.1) is 0 Å². The van der Waals surface area contributed by atoms with E-state index in [1.54, 1.807) is 18.5 Å². The smallest absolute Gasteiger partial charge is 0.337 e. The van der Waals surface area contributed by atoms with Gasteiger partial charge in [-0.2, -0.15) is 11.8 Å². The van der Waals surface area contributed by atoms with E-state index in [1.165, 1.54) is 11.5 Å². The van der Waals surface area contributed by atoms with E-state index >= 15 is 0 Å². The minimum absolute atomic E-state index is 0.328. The maximum Gasteiger partial charge on any atom is 0.337 e. The van der Waals surface area contributed by atoms with E-state index in [0.29, 0.717) is 5.56 Å². The summed E-state index contributed by atoms with van der Waals surface area (Å²) < 4.78 is 1.96. The second kappa shape index (κ2) is 5.85. The van der Waals surface area contributed by atoms with Gasteiger partial charge < -0.3 is 9.67 Å². The molecule has 3 rings (SSSR count). The maximum atomic E-state index is 11.3. The van der Waals surface area contributed by atoms with Crippen LogP contribution in [0.3, 0.4) is 0 Å². The highest BCUT2D eigenvalue weighted by Gasteiger charge is 2.15. The third kappa shape index (κ3) is 2.66. The van der Waals surface area contributed by atoms with Crippen molar-refractivity contribution in [2.24, 2.45) is 0 Å². The van der Waals surface area contributed by atoms with Crippen molar-refractivity contribution in [3.63, 3.8) is 0 Å². The van der Waals surface area contributed by atoms with E-state index in [0.717, 1.165) is 37.2 Å². The molecule has 0 saturated carbocycles. The number of hydrogen-bond donors (Lipinski definition) is 1.